The predicted molar refractivity (Wildman–Crippen MR) is 93.9 cm³/mol. The number of rotatable bonds is 8. The molecule has 0 aromatic heterocycles. The van der Waals surface area contributed by atoms with Crippen LogP contribution in [0.5, 0.6) is 0 Å². The molecule has 8 heteroatoms. The predicted octanol–water partition coefficient (Wildman–Crippen LogP) is 1.68. The van der Waals surface area contributed by atoms with Gasteiger partial charge in [0.05, 0.1) is 11.1 Å². The first-order valence-corrected chi connectivity index (χ1v) is 8.70. The summed E-state index contributed by atoms with van der Waals surface area (Å²) in [6.07, 6.45) is -1.64. The van der Waals surface area contributed by atoms with Crippen molar-refractivity contribution < 1.29 is 38.9 Å². The van der Waals surface area contributed by atoms with Crippen LogP contribution in [0.1, 0.15) is 65.8 Å². The van der Waals surface area contributed by atoms with Crippen molar-refractivity contribution in [1.29, 1.82) is 0 Å². The van der Waals surface area contributed by atoms with Crippen LogP contribution < -0.4 is 0 Å². The third-order valence-electron chi connectivity index (χ3n) is 3.75. The van der Waals surface area contributed by atoms with E-state index < -0.39 is 36.1 Å². The largest absolute Gasteiger partial charge is 0.387 e. The Kier molecular flexibility index (Phi) is 8.77. The van der Waals surface area contributed by atoms with Gasteiger partial charge in [0.25, 0.3) is 0 Å². The summed E-state index contributed by atoms with van der Waals surface area (Å²) in [5.74, 6) is -4.54. The summed E-state index contributed by atoms with van der Waals surface area (Å²) in [5.41, 5.74) is -0.221. The fraction of sp³-hybridized carbons (Fsp3) is 0.474. The van der Waals surface area contributed by atoms with Crippen LogP contribution in [0.25, 0.3) is 0 Å². The van der Waals surface area contributed by atoms with Gasteiger partial charge >= 0.3 is 23.9 Å². The van der Waals surface area contributed by atoms with Gasteiger partial charge in [-0.15, -0.1) is 0 Å². The number of esters is 4. The maximum absolute atomic E-state index is 12.3. The van der Waals surface area contributed by atoms with Crippen molar-refractivity contribution in [1.82, 2.24) is 0 Å². The number of aliphatic hydroxyl groups excluding tert-OH is 2. The molecule has 0 spiro atoms. The molecular weight excluding hydrogens is 356 g/mol. The van der Waals surface area contributed by atoms with Gasteiger partial charge in [-0.05, 0) is 31.4 Å². The number of hydrogen-bond donors (Lipinski definition) is 2. The monoisotopic (exact) mass is 380 g/mol. The molecule has 1 aromatic rings. The van der Waals surface area contributed by atoms with E-state index in [2.05, 4.69) is 9.47 Å². The van der Waals surface area contributed by atoms with Gasteiger partial charge in [0.2, 0.25) is 0 Å². The third kappa shape index (κ3) is 6.26. The zero-order chi connectivity index (χ0) is 20.6. The van der Waals surface area contributed by atoms with Gasteiger partial charge in [-0.1, -0.05) is 38.8 Å². The summed E-state index contributed by atoms with van der Waals surface area (Å²) < 4.78 is 9.26. The number of aryl methyl sites for hydroxylation is 1. The SMILES string of the molecule is CCCC(O)C(=O)OC(=O)c1cccc(C)c1C(=O)OC(=O)C(O)CCC. The van der Waals surface area contributed by atoms with Crippen LogP contribution in [0, 0.1) is 6.92 Å². The van der Waals surface area contributed by atoms with Gasteiger partial charge < -0.3 is 19.7 Å². The molecule has 8 nitrogen and oxygen atoms in total. The maximum Gasteiger partial charge on any atom is 0.347 e. The van der Waals surface area contributed by atoms with Crippen LogP contribution >= 0.6 is 0 Å². The first-order chi connectivity index (χ1) is 12.7. The molecule has 1 aromatic carbocycles. The van der Waals surface area contributed by atoms with Crippen LogP contribution in [0.4, 0.5) is 0 Å². The molecule has 0 aliphatic carbocycles. The average molecular weight is 380 g/mol. The molecule has 0 heterocycles. The molecule has 1 rings (SSSR count). The normalized spacial score (nSPS) is 12.8. The van der Waals surface area contributed by atoms with E-state index in [1.165, 1.54) is 25.1 Å². The number of hydrogen-bond acceptors (Lipinski definition) is 8. The van der Waals surface area contributed by atoms with Gasteiger partial charge in [-0.3, -0.25) is 0 Å². The molecule has 0 bridgehead atoms. The molecule has 2 atom stereocenters. The van der Waals surface area contributed by atoms with Crippen LogP contribution in [-0.2, 0) is 19.1 Å². The zero-order valence-corrected chi connectivity index (χ0v) is 15.6. The lowest BCUT2D eigenvalue weighted by molar-refractivity contribution is -0.148. The molecule has 0 aliphatic heterocycles. The summed E-state index contributed by atoms with van der Waals surface area (Å²) in [5, 5.41) is 19.2. The van der Waals surface area contributed by atoms with E-state index in [0.717, 1.165) is 0 Å². The maximum atomic E-state index is 12.3. The lowest BCUT2D eigenvalue weighted by Gasteiger charge is -2.13. The van der Waals surface area contributed by atoms with Crippen molar-refractivity contribution >= 4 is 23.9 Å². The first kappa shape index (κ1) is 22.5. The molecule has 27 heavy (non-hydrogen) atoms. The molecule has 0 aliphatic rings. The minimum absolute atomic E-state index is 0.124. The number of aliphatic hydroxyl groups is 2. The minimum Gasteiger partial charge on any atom is -0.387 e. The van der Waals surface area contributed by atoms with Crippen LogP contribution in [-0.4, -0.2) is 46.3 Å². The van der Waals surface area contributed by atoms with E-state index in [-0.39, 0.29) is 24.0 Å². The van der Waals surface area contributed by atoms with E-state index >= 15 is 0 Å². The van der Waals surface area contributed by atoms with Crippen LogP contribution in [0.15, 0.2) is 18.2 Å². The second-order valence-corrected chi connectivity index (χ2v) is 6.02. The Labute approximate surface area is 157 Å². The molecular formula is C19H24O8. The fourth-order valence-corrected chi connectivity index (χ4v) is 2.32. The lowest BCUT2D eigenvalue weighted by atomic mass is 10.0. The Hall–Kier alpha value is -2.58. The van der Waals surface area contributed by atoms with Crippen molar-refractivity contribution in [2.75, 3.05) is 0 Å². The van der Waals surface area contributed by atoms with Gasteiger partial charge in [-0.25, -0.2) is 19.2 Å². The number of carbonyl (C=O) groups excluding carboxylic acids is 4. The lowest BCUT2D eigenvalue weighted by Crippen LogP contribution is -2.28. The van der Waals surface area contributed by atoms with E-state index in [1.54, 1.807) is 13.8 Å². The molecule has 0 fully saturated rings. The Morgan fingerprint density at radius 1 is 0.889 bits per heavy atom. The molecule has 148 valence electrons. The Morgan fingerprint density at radius 3 is 1.85 bits per heavy atom. The molecule has 0 amide bonds. The summed E-state index contributed by atoms with van der Waals surface area (Å²) in [7, 11) is 0. The average Bonchev–Trinajstić information content (AvgIpc) is 2.61. The number of carbonyl (C=O) groups is 4. The van der Waals surface area contributed by atoms with E-state index in [4.69, 9.17) is 0 Å². The standard InChI is InChI=1S/C19H24O8/c1-4-7-13(20)17(23)26-16(22)12-10-6-9-11(3)15(12)19(25)27-18(24)14(21)8-5-2/h6,9-10,13-14,20-21H,4-5,7-8H2,1-3H3. The van der Waals surface area contributed by atoms with Crippen LogP contribution in [0.2, 0.25) is 0 Å². The molecule has 0 radical (unpaired) electrons. The van der Waals surface area contributed by atoms with Gasteiger partial charge in [-0.2, -0.15) is 0 Å². The van der Waals surface area contributed by atoms with Crippen molar-refractivity contribution in [3.8, 4) is 0 Å². The molecule has 2 unspecified atom stereocenters. The first-order valence-electron chi connectivity index (χ1n) is 8.70. The number of ether oxygens (including phenoxy) is 2. The molecule has 0 saturated heterocycles. The highest BCUT2D eigenvalue weighted by Crippen LogP contribution is 2.18. The number of benzene rings is 1. The van der Waals surface area contributed by atoms with E-state index in [1.807, 2.05) is 0 Å². The molecule has 2 N–H and O–H groups in total. The van der Waals surface area contributed by atoms with Crippen LogP contribution in [0.3, 0.4) is 0 Å². The summed E-state index contributed by atoms with van der Waals surface area (Å²) in [4.78, 5) is 48.1. The second kappa shape index (κ2) is 10.5. The van der Waals surface area contributed by atoms with E-state index in [9.17, 15) is 29.4 Å². The Bertz CT molecular complexity index is 710. The van der Waals surface area contributed by atoms with E-state index in [0.29, 0.717) is 18.4 Å². The van der Waals surface area contributed by atoms with Gasteiger partial charge in [0, 0.05) is 0 Å². The van der Waals surface area contributed by atoms with Crippen molar-refractivity contribution in [3.63, 3.8) is 0 Å². The van der Waals surface area contributed by atoms with Gasteiger partial charge in [0.15, 0.2) is 12.2 Å². The summed E-state index contributed by atoms with van der Waals surface area (Å²) in [6, 6.07) is 4.20. The summed E-state index contributed by atoms with van der Waals surface area (Å²) >= 11 is 0. The summed E-state index contributed by atoms with van der Waals surface area (Å²) in [6.45, 7) is 5.00. The Balaban J connectivity index is 3.02. The smallest absolute Gasteiger partial charge is 0.347 e. The van der Waals surface area contributed by atoms with Crippen molar-refractivity contribution in [2.24, 2.45) is 0 Å². The van der Waals surface area contributed by atoms with Crippen molar-refractivity contribution in [2.45, 2.75) is 58.7 Å². The molecule has 0 saturated carbocycles. The fourth-order valence-electron chi connectivity index (χ4n) is 2.32. The third-order valence-corrected chi connectivity index (χ3v) is 3.75. The zero-order valence-electron chi connectivity index (χ0n) is 15.6. The second-order valence-electron chi connectivity index (χ2n) is 6.02. The highest BCUT2D eigenvalue weighted by Gasteiger charge is 2.28. The highest BCUT2D eigenvalue weighted by atomic mass is 16.6. The Morgan fingerprint density at radius 2 is 1.37 bits per heavy atom. The van der Waals surface area contributed by atoms with Gasteiger partial charge in [0.1, 0.15) is 0 Å². The topological polar surface area (TPSA) is 127 Å². The van der Waals surface area contributed by atoms with Crippen molar-refractivity contribution in [3.05, 3.63) is 34.9 Å². The quantitative estimate of drug-likeness (QED) is 0.515. The highest BCUT2D eigenvalue weighted by molar-refractivity contribution is 6.09. The minimum atomic E-state index is -1.45.